The number of phenols is 1. The molecule has 1 heterocycles. The summed E-state index contributed by atoms with van der Waals surface area (Å²) >= 11 is 5.89. The van der Waals surface area contributed by atoms with Crippen LogP contribution in [0.3, 0.4) is 0 Å². The van der Waals surface area contributed by atoms with E-state index in [1.54, 1.807) is 7.11 Å². The summed E-state index contributed by atoms with van der Waals surface area (Å²) in [6, 6.07) is 3.99. The molecule has 9 heteroatoms. The second-order valence-corrected chi connectivity index (χ2v) is 6.29. The molecule has 2 aromatic rings. The van der Waals surface area contributed by atoms with Gasteiger partial charge in [0.1, 0.15) is 10.6 Å². The van der Waals surface area contributed by atoms with E-state index in [-0.39, 0.29) is 21.4 Å². The fraction of sp³-hybridized carbons (Fsp3) is 0.250. The average molecular weight is 332 g/mol. The molecule has 2 N–H and O–H groups in total. The van der Waals surface area contributed by atoms with E-state index < -0.39 is 10.0 Å². The molecule has 2 rings (SSSR count). The summed E-state index contributed by atoms with van der Waals surface area (Å²) in [7, 11) is -2.28. The van der Waals surface area contributed by atoms with Gasteiger partial charge in [-0.1, -0.05) is 11.6 Å². The van der Waals surface area contributed by atoms with Crippen LogP contribution >= 0.6 is 11.6 Å². The van der Waals surface area contributed by atoms with Crippen LogP contribution in [-0.2, 0) is 21.3 Å². The fourth-order valence-electron chi connectivity index (χ4n) is 1.59. The maximum atomic E-state index is 12.2. The number of nitrogens with zero attached hydrogens (tertiary/aromatic N) is 2. The number of nitrogens with one attached hydrogen (secondary N) is 1. The predicted octanol–water partition coefficient (Wildman–Crippen LogP) is 1.69. The van der Waals surface area contributed by atoms with E-state index in [1.165, 1.54) is 35.3 Å². The first-order valence-corrected chi connectivity index (χ1v) is 7.81. The lowest BCUT2D eigenvalue weighted by molar-refractivity contribution is 0.183. The van der Waals surface area contributed by atoms with Crippen LogP contribution in [0.5, 0.6) is 5.75 Å². The molecule has 0 unspecified atom stereocenters. The van der Waals surface area contributed by atoms with Crippen molar-refractivity contribution < 1.29 is 18.3 Å². The number of methoxy groups -OCH3 is 1. The molecule has 1 aromatic carbocycles. The van der Waals surface area contributed by atoms with Crippen molar-refractivity contribution in [3.63, 3.8) is 0 Å². The molecular formula is C12H14ClN3O4S. The van der Waals surface area contributed by atoms with Crippen molar-refractivity contribution in [2.45, 2.75) is 11.4 Å². The summed E-state index contributed by atoms with van der Waals surface area (Å²) in [4.78, 5) is -0.00184. The Morgan fingerprint density at radius 1 is 1.48 bits per heavy atom. The van der Waals surface area contributed by atoms with Gasteiger partial charge in [-0.25, -0.2) is 8.42 Å². The number of sulfonamides is 1. The van der Waals surface area contributed by atoms with E-state index in [9.17, 15) is 13.5 Å². The molecule has 0 amide bonds. The van der Waals surface area contributed by atoms with Crippen LogP contribution in [0.15, 0.2) is 35.5 Å². The van der Waals surface area contributed by atoms with Crippen molar-refractivity contribution in [2.24, 2.45) is 0 Å². The summed E-state index contributed by atoms with van der Waals surface area (Å²) in [6.45, 7) is 0.867. The highest BCUT2D eigenvalue weighted by molar-refractivity contribution is 7.92. The smallest absolute Gasteiger partial charge is 0.265 e. The molecule has 21 heavy (non-hydrogen) atoms. The van der Waals surface area contributed by atoms with Crippen LogP contribution in [0.4, 0.5) is 5.69 Å². The van der Waals surface area contributed by atoms with Crippen molar-refractivity contribution >= 4 is 27.3 Å². The van der Waals surface area contributed by atoms with Gasteiger partial charge < -0.3 is 9.84 Å². The lowest BCUT2D eigenvalue weighted by atomic mass is 10.3. The van der Waals surface area contributed by atoms with E-state index in [0.717, 1.165) is 0 Å². The van der Waals surface area contributed by atoms with E-state index in [2.05, 4.69) is 9.82 Å². The van der Waals surface area contributed by atoms with Gasteiger partial charge in [-0.15, -0.1) is 0 Å². The Kier molecular flexibility index (Phi) is 4.71. The van der Waals surface area contributed by atoms with Crippen molar-refractivity contribution in [3.8, 4) is 5.75 Å². The number of aromatic hydroxyl groups is 1. The van der Waals surface area contributed by atoms with E-state index in [0.29, 0.717) is 13.2 Å². The van der Waals surface area contributed by atoms with Gasteiger partial charge in [0.25, 0.3) is 10.0 Å². The first-order chi connectivity index (χ1) is 9.92. The third-order valence-electron chi connectivity index (χ3n) is 2.64. The van der Waals surface area contributed by atoms with Crippen molar-refractivity contribution in [1.29, 1.82) is 0 Å². The Hall–Kier alpha value is -1.77. The SMILES string of the molecule is COCCn1cc(S(=O)(=O)Nc2cc(O)ccc2Cl)cn1. The lowest BCUT2D eigenvalue weighted by Gasteiger charge is -2.08. The standard InChI is InChI=1S/C12H14ClN3O4S/c1-20-5-4-16-8-10(7-14-16)21(18,19)15-12-6-9(17)2-3-11(12)13/h2-3,6-8,15,17H,4-5H2,1H3. The van der Waals surface area contributed by atoms with E-state index in [1.807, 2.05) is 0 Å². The van der Waals surface area contributed by atoms with Crippen LogP contribution in [0.1, 0.15) is 0 Å². The zero-order valence-electron chi connectivity index (χ0n) is 11.2. The molecule has 0 saturated carbocycles. The van der Waals surface area contributed by atoms with Crippen molar-refractivity contribution in [1.82, 2.24) is 9.78 Å². The normalized spacial score (nSPS) is 11.5. The van der Waals surface area contributed by atoms with E-state index in [4.69, 9.17) is 16.3 Å². The quantitative estimate of drug-likeness (QED) is 0.840. The zero-order valence-corrected chi connectivity index (χ0v) is 12.7. The number of halogens is 1. The van der Waals surface area contributed by atoms with Crippen LogP contribution in [0, 0.1) is 0 Å². The molecule has 114 valence electrons. The molecule has 1 aromatic heterocycles. The van der Waals surface area contributed by atoms with Gasteiger partial charge in [0, 0.05) is 19.4 Å². The molecule has 7 nitrogen and oxygen atoms in total. The first kappa shape index (κ1) is 15.6. The number of anilines is 1. The Morgan fingerprint density at radius 2 is 2.24 bits per heavy atom. The summed E-state index contributed by atoms with van der Waals surface area (Å²) in [5, 5.41) is 13.5. The van der Waals surface area contributed by atoms with Gasteiger partial charge in [-0.05, 0) is 12.1 Å². The maximum absolute atomic E-state index is 12.2. The summed E-state index contributed by atoms with van der Waals surface area (Å²) < 4.78 is 33.1. The second-order valence-electron chi connectivity index (χ2n) is 4.20. The fourth-order valence-corrected chi connectivity index (χ4v) is 2.83. The number of rotatable bonds is 6. The van der Waals surface area contributed by atoms with E-state index >= 15 is 0 Å². The van der Waals surface area contributed by atoms with Crippen molar-refractivity contribution in [3.05, 3.63) is 35.6 Å². The topological polar surface area (TPSA) is 93.5 Å². The molecule has 0 saturated heterocycles. The average Bonchev–Trinajstić information content (AvgIpc) is 2.90. The van der Waals surface area contributed by atoms with Gasteiger partial charge in [0.2, 0.25) is 0 Å². The lowest BCUT2D eigenvalue weighted by Crippen LogP contribution is -2.12. The number of benzene rings is 1. The molecule has 0 aliphatic heterocycles. The minimum Gasteiger partial charge on any atom is -0.508 e. The highest BCUT2D eigenvalue weighted by Crippen LogP contribution is 2.28. The summed E-state index contributed by atoms with van der Waals surface area (Å²) in [6.07, 6.45) is 2.62. The number of hydrogen-bond donors (Lipinski definition) is 2. The number of ether oxygens (including phenoxy) is 1. The highest BCUT2D eigenvalue weighted by atomic mass is 35.5. The van der Waals surface area contributed by atoms with Crippen LogP contribution in [0.25, 0.3) is 0 Å². The van der Waals surface area contributed by atoms with Gasteiger partial charge in [-0.2, -0.15) is 5.10 Å². The molecule has 0 bridgehead atoms. The molecule has 0 spiro atoms. The monoisotopic (exact) mass is 331 g/mol. The number of hydrogen-bond acceptors (Lipinski definition) is 5. The minimum absolute atomic E-state index is 0.00184. The third-order valence-corrected chi connectivity index (χ3v) is 4.29. The summed E-state index contributed by atoms with van der Waals surface area (Å²) in [5.41, 5.74) is 0.0984. The minimum atomic E-state index is -3.83. The Labute approximate surface area is 127 Å². The maximum Gasteiger partial charge on any atom is 0.265 e. The zero-order chi connectivity index (χ0) is 15.5. The second kappa shape index (κ2) is 6.33. The van der Waals surface area contributed by atoms with Crippen LogP contribution < -0.4 is 4.72 Å². The van der Waals surface area contributed by atoms with Crippen LogP contribution in [-0.4, -0.2) is 37.0 Å². The Morgan fingerprint density at radius 3 is 2.95 bits per heavy atom. The molecule has 0 atom stereocenters. The molecule has 0 aliphatic carbocycles. The predicted molar refractivity (Wildman–Crippen MR) is 78.0 cm³/mol. The number of aromatic nitrogens is 2. The molecule has 0 radical (unpaired) electrons. The number of phenolic OH excluding ortho intramolecular Hbond substituents is 1. The summed E-state index contributed by atoms with van der Waals surface area (Å²) in [5.74, 6) is -0.0899. The first-order valence-electron chi connectivity index (χ1n) is 5.95. The van der Waals surface area contributed by atoms with Crippen molar-refractivity contribution in [2.75, 3.05) is 18.4 Å². The van der Waals surface area contributed by atoms with Gasteiger partial charge in [-0.3, -0.25) is 9.40 Å². The Balaban J connectivity index is 2.22. The van der Waals surface area contributed by atoms with Crippen LogP contribution in [0.2, 0.25) is 5.02 Å². The largest absolute Gasteiger partial charge is 0.508 e. The van der Waals surface area contributed by atoms with Gasteiger partial charge >= 0.3 is 0 Å². The molecule has 0 fully saturated rings. The van der Waals surface area contributed by atoms with Gasteiger partial charge in [0.15, 0.2) is 0 Å². The molecule has 0 aliphatic rings. The molecular weight excluding hydrogens is 318 g/mol. The Bertz CT molecular complexity index is 730. The van der Waals surface area contributed by atoms with Gasteiger partial charge in [0.05, 0.1) is 30.1 Å². The third kappa shape index (κ3) is 3.87. The highest BCUT2D eigenvalue weighted by Gasteiger charge is 2.18.